The molecule has 1 aromatic rings. The number of benzene rings is 1. The normalized spacial score (nSPS) is 19.0. The Labute approximate surface area is 103 Å². The first-order valence-corrected chi connectivity index (χ1v) is 7.36. The van der Waals surface area contributed by atoms with E-state index in [1.807, 2.05) is 26.1 Å². The van der Waals surface area contributed by atoms with Gasteiger partial charge in [-0.05, 0) is 31.0 Å². The predicted molar refractivity (Wildman–Crippen MR) is 71.0 cm³/mol. The van der Waals surface area contributed by atoms with Crippen molar-refractivity contribution in [2.45, 2.75) is 30.7 Å². The number of nitrogen functional groups attached to an aromatic ring is 1. The van der Waals surface area contributed by atoms with E-state index in [0.29, 0.717) is 17.1 Å². The lowest BCUT2D eigenvalue weighted by molar-refractivity contribution is 0.536. The molecular formula is C12H19N3OS. The smallest absolute Gasteiger partial charge is 0.139 e. The van der Waals surface area contributed by atoms with Crippen LogP contribution in [-0.2, 0) is 9.92 Å². The maximum Gasteiger partial charge on any atom is 0.139 e. The van der Waals surface area contributed by atoms with Crippen LogP contribution < -0.4 is 5.73 Å². The molecule has 2 N–H and O–H groups in total. The third-order valence-corrected chi connectivity index (χ3v) is 5.43. The van der Waals surface area contributed by atoms with E-state index in [4.69, 9.17) is 5.73 Å². The second-order valence-electron chi connectivity index (χ2n) is 4.35. The minimum absolute atomic E-state index is 0.262. The lowest BCUT2D eigenvalue weighted by Crippen LogP contribution is -2.27. The van der Waals surface area contributed by atoms with Gasteiger partial charge in [-0.2, -0.15) is 0 Å². The van der Waals surface area contributed by atoms with Crippen molar-refractivity contribution in [3.8, 4) is 0 Å². The fraction of sp³-hybridized carbons (Fsp3) is 0.500. The van der Waals surface area contributed by atoms with Crippen molar-refractivity contribution in [1.29, 1.82) is 0 Å². The van der Waals surface area contributed by atoms with Gasteiger partial charge in [0.15, 0.2) is 0 Å². The fourth-order valence-electron chi connectivity index (χ4n) is 1.56. The van der Waals surface area contributed by atoms with Gasteiger partial charge in [-0.1, -0.05) is 13.0 Å². The molecule has 0 heterocycles. The monoisotopic (exact) mass is 253 g/mol. The largest absolute Gasteiger partial charge is 0.399 e. The quantitative estimate of drug-likeness (QED) is 0.836. The summed E-state index contributed by atoms with van der Waals surface area (Å²) < 4.78 is 19.3. The molecular weight excluding hydrogens is 234 g/mol. The van der Waals surface area contributed by atoms with Gasteiger partial charge in [0.05, 0.1) is 10.9 Å². The molecule has 0 amide bonds. The van der Waals surface area contributed by atoms with Crippen molar-refractivity contribution >= 4 is 15.6 Å². The first-order chi connectivity index (χ1) is 8.06. The zero-order chi connectivity index (χ0) is 12.5. The van der Waals surface area contributed by atoms with Gasteiger partial charge in [-0.25, -0.2) is 12.9 Å². The van der Waals surface area contributed by atoms with Crippen molar-refractivity contribution in [2.75, 3.05) is 19.3 Å². The average Bonchev–Trinajstić information content (AvgIpc) is 3.11. The maximum atomic E-state index is 13.0. The van der Waals surface area contributed by atoms with E-state index >= 15 is 0 Å². The van der Waals surface area contributed by atoms with E-state index in [1.54, 1.807) is 16.4 Å². The minimum Gasteiger partial charge on any atom is -0.399 e. The van der Waals surface area contributed by atoms with E-state index in [9.17, 15) is 4.21 Å². The summed E-state index contributed by atoms with van der Waals surface area (Å²) in [5, 5.41) is 0. The molecule has 1 fully saturated rings. The van der Waals surface area contributed by atoms with Crippen molar-refractivity contribution in [2.24, 2.45) is 4.36 Å². The molecule has 1 unspecified atom stereocenters. The lowest BCUT2D eigenvalue weighted by atomic mass is 10.3. The Morgan fingerprint density at radius 3 is 2.76 bits per heavy atom. The molecule has 0 saturated heterocycles. The summed E-state index contributed by atoms with van der Waals surface area (Å²) in [4.78, 5) is 0.716. The number of hydrogen-bond donors (Lipinski definition) is 1. The second kappa shape index (κ2) is 4.66. The lowest BCUT2D eigenvalue weighted by Gasteiger charge is -2.20. The number of nitrogens with two attached hydrogens (primary N) is 1. The van der Waals surface area contributed by atoms with Crippen LogP contribution in [0.5, 0.6) is 0 Å². The predicted octanol–water partition coefficient (Wildman–Crippen LogP) is 2.12. The van der Waals surface area contributed by atoms with Crippen molar-refractivity contribution in [3.63, 3.8) is 0 Å². The molecule has 2 rings (SSSR count). The highest BCUT2D eigenvalue weighted by atomic mass is 32.2. The molecule has 1 saturated carbocycles. The fourth-order valence-corrected chi connectivity index (χ4v) is 3.71. The summed E-state index contributed by atoms with van der Waals surface area (Å²) in [6.45, 7) is 2.68. The standard InChI is InChI=1S/C12H19N3OS/c1-3-15(2)17(16,14-11-7-8-11)12-6-4-5-10(13)9-12/h4-6,9,11H,3,7-8,13H2,1-2H3. The highest BCUT2D eigenvalue weighted by Gasteiger charge is 2.26. The van der Waals surface area contributed by atoms with Crippen molar-refractivity contribution in [1.82, 2.24) is 4.31 Å². The average molecular weight is 253 g/mol. The molecule has 0 radical (unpaired) electrons. The molecule has 1 atom stereocenters. The summed E-state index contributed by atoms with van der Waals surface area (Å²) in [6, 6.07) is 7.50. The highest BCUT2D eigenvalue weighted by Crippen LogP contribution is 2.29. The Morgan fingerprint density at radius 1 is 1.53 bits per heavy atom. The Hall–Kier alpha value is -1.07. The molecule has 0 aliphatic heterocycles. The molecule has 0 bridgehead atoms. The Morgan fingerprint density at radius 2 is 2.24 bits per heavy atom. The molecule has 1 aliphatic carbocycles. The van der Waals surface area contributed by atoms with Crippen molar-refractivity contribution in [3.05, 3.63) is 24.3 Å². The minimum atomic E-state index is -2.48. The summed E-state index contributed by atoms with van der Waals surface area (Å²) >= 11 is 0. The number of rotatable bonds is 4. The number of hydrogen-bond acceptors (Lipinski definition) is 3. The third kappa shape index (κ3) is 2.61. The van der Waals surface area contributed by atoms with Crippen LogP contribution in [0.25, 0.3) is 0 Å². The molecule has 1 aromatic carbocycles. The van der Waals surface area contributed by atoms with E-state index < -0.39 is 9.92 Å². The van der Waals surface area contributed by atoms with Crippen LogP contribution in [0.4, 0.5) is 5.69 Å². The first-order valence-electron chi connectivity index (χ1n) is 5.89. The second-order valence-corrected chi connectivity index (χ2v) is 6.65. The molecule has 0 aromatic heterocycles. The van der Waals surface area contributed by atoms with Gasteiger partial charge in [0.25, 0.3) is 0 Å². The number of anilines is 1. The van der Waals surface area contributed by atoms with E-state index in [-0.39, 0.29) is 6.04 Å². The van der Waals surface area contributed by atoms with E-state index in [1.165, 1.54) is 0 Å². The van der Waals surface area contributed by atoms with Gasteiger partial charge in [0, 0.05) is 19.3 Å². The zero-order valence-corrected chi connectivity index (χ0v) is 11.1. The summed E-state index contributed by atoms with van der Waals surface area (Å²) in [7, 11) is -0.633. The molecule has 5 heteroatoms. The van der Waals surface area contributed by atoms with Gasteiger partial charge in [0.1, 0.15) is 9.92 Å². The Bertz CT molecular complexity index is 516. The Balaban J connectivity index is 2.50. The zero-order valence-electron chi connectivity index (χ0n) is 10.3. The van der Waals surface area contributed by atoms with Crippen LogP contribution in [0.2, 0.25) is 0 Å². The summed E-state index contributed by atoms with van der Waals surface area (Å²) in [6.07, 6.45) is 2.10. The first kappa shape index (κ1) is 12.4. The van der Waals surface area contributed by atoms with E-state index in [0.717, 1.165) is 12.8 Å². The molecule has 4 nitrogen and oxygen atoms in total. The van der Waals surface area contributed by atoms with Gasteiger partial charge in [-0.15, -0.1) is 0 Å². The summed E-state index contributed by atoms with van der Waals surface area (Å²) in [5.41, 5.74) is 6.39. The number of nitrogens with zero attached hydrogens (tertiary/aromatic N) is 2. The van der Waals surface area contributed by atoms with Gasteiger partial charge < -0.3 is 5.73 Å². The highest BCUT2D eigenvalue weighted by molar-refractivity contribution is 7.91. The van der Waals surface area contributed by atoms with Crippen LogP contribution in [0.3, 0.4) is 0 Å². The van der Waals surface area contributed by atoms with E-state index in [2.05, 4.69) is 4.36 Å². The third-order valence-electron chi connectivity index (χ3n) is 2.87. The molecule has 0 spiro atoms. The molecule has 1 aliphatic rings. The van der Waals surface area contributed by atoms with Gasteiger partial charge in [-0.3, -0.25) is 0 Å². The topological polar surface area (TPSA) is 58.7 Å². The SMILES string of the molecule is CCN(C)S(=O)(=NC1CC1)c1cccc(N)c1. The van der Waals surface area contributed by atoms with Crippen molar-refractivity contribution < 1.29 is 4.21 Å². The van der Waals surface area contributed by atoms with Crippen LogP contribution >= 0.6 is 0 Å². The van der Waals surface area contributed by atoms with Gasteiger partial charge >= 0.3 is 0 Å². The molecule has 17 heavy (non-hydrogen) atoms. The summed E-state index contributed by atoms with van der Waals surface area (Å²) in [5.74, 6) is 0. The van der Waals surface area contributed by atoms with Crippen LogP contribution in [-0.4, -0.2) is 28.1 Å². The Kier molecular flexibility index (Phi) is 3.40. The van der Waals surface area contributed by atoms with Crippen LogP contribution in [0, 0.1) is 0 Å². The van der Waals surface area contributed by atoms with Crippen LogP contribution in [0.15, 0.2) is 33.5 Å². The van der Waals surface area contributed by atoms with Crippen LogP contribution in [0.1, 0.15) is 19.8 Å². The molecule has 94 valence electrons. The maximum absolute atomic E-state index is 13.0. The van der Waals surface area contributed by atoms with Gasteiger partial charge in [0.2, 0.25) is 0 Å².